The van der Waals surface area contributed by atoms with Crippen molar-refractivity contribution in [3.63, 3.8) is 0 Å². The minimum absolute atomic E-state index is 0.0424. The number of benzene rings is 1. The number of likely N-dealkylation sites (tertiary alicyclic amines) is 1. The third-order valence-electron chi connectivity index (χ3n) is 4.69. The Labute approximate surface area is 141 Å². The molecule has 0 atom stereocenters. The molecule has 1 aliphatic heterocycles. The predicted molar refractivity (Wildman–Crippen MR) is 93.4 cm³/mol. The van der Waals surface area contributed by atoms with Crippen molar-refractivity contribution in [2.45, 2.75) is 45.7 Å². The number of carbonyl (C=O) groups excluding carboxylic acids is 1. The van der Waals surface area contributed by atoms with E-state index in [0.29, 0.717) is 19.7 Å². The molecule has 1 aromatic heterocycles. The van der Waals surface area contributed by atoms with Crippen LogP contribution in [0.25, 0.3) is 11.0 Å². The second-order valence-electron chi connectivity index (χ2n) is 6.52. The third-order valence-corrected chi connectivity index (χ3v) is 4.69. The van der Waals surface area contributed by atoms with E-state index < -0.39 is 0 Å². The molecule has 0 saturated carbocycles. The maximum absolute atomic E-state index is 13.0. The molecule has 1 aliphatic rings. The number of para-hydroxylation sites is 2. The Balaban J connectivity index is 1.90. The molecule has 2 heterocycles. The molecule has 1 fully saturated rings. The summed E-state index contributed by atoms with van der Waals surface area (Å²) in [4.78, 5) is 26.5. The van der Waals surface area contributed by atoms with E-state index in [1.165, 1.54) is 0 Å². The second-order valence-corrected chi connectivity index (χ2v) is 6.52. The number of fused-ring (bicyclic) bond motifs is 1. The van der Waals surface area contributed by atoms with Gasteiger partial charge in [0.1, 0.15) is 0 Å². The van der Waals surface area contributed by atoms with Crippen LogP contribution in [0.4, 0.5) is 4.79 Å². The summed E-state index contributed by atoms with van der Waals surface area (Å²) < 4.78 is 8.83. The first-order valence-corrected chi connectivity index (χ1v) is 8.67. The molecule has 0 unspecified atom stereocenters. The summed E-state index contributed by atoms with van der Waals surface area (Å²) in [7, 11) is 0. The average molecular weight is 331 g/mol. The van der Waals surface area contributed by atoms with Gasteiger partial charge < -0.3 is 9.64 Å². The number of carbonyl (C=O) groups is 1. The van der Waals surface area contributed by atoms with Gasteiger partial charge in [-0.15, -0.1) is 0 Å². The van der Waals surface area contributed by atoms with Gasteiger partial charge in [0.2, 0.25) is 0 Å². The zero-order valence-electron chi connectivity index (χ0n) is 14.6. The molecule has 2 aromatic rings. The lowest BCUT2D eigenvalue weighted by molar-refractivity contribution is 0.0927. The standard InChI is InChI=1S/C18H25N3O3/c1-4-24-18(23)19-11-9-14(10-12-19)21-16-8-6-5-7-15(16)20(13(2)3)17(21)22/h5-8,13-14H,4,9-12H2,1-3H3. The molecule has 1 aromatic carbocycles. The number of piperidine rings is 1. The van der Waals surface area contributed by atoms with Crippen LogP contribution in [0.2, 0.25) is 0 Å². The predicted octanol–water partition coefficient (Wildman–Crippen LogP) is 3.18. The van der Waals surface area contributed by atoms with Gasteiger partial charge in [-0.2, -0.15) is 0 Å². The van der Waals surface area contributed by atoms with Crippen molar-refractivity contribution in [2.24, 2.45) is 0 Å². The fourth-order valence-corrected chi connectivity index (χ4v) is 3.57. The first-order valence-electron chi connectivity index (χ1n) is 8.67. The van der Waals surface area contributed by atoms with Crippen LogP contribution in [0.15, 0.2) is 29.1 Å². The van der Waals surface area contributed by atoms with Gasteiger partial charge in [0.05, 0.1) is 17.6 Å². The normalized spacial score (nSPS) is 16.1. The maximum Gasteiger partial charge on any atom is 0.409 e. The van der Waals surface area contributed by atoms with Crippen molar-refractivity contribution in [1.82, 2.24) is 14.0 Å². The van der Waals surface area contributed by atoms with Crippen molar-refractivity contribution in [3.8, 4) is 0 Å². The number of ether oxygens (including phenoxy) is 1. The van der Waals surface area contributed by atoms with E-state index in [1.54, 1.807) is 4.90 Å². The molecule has 0 aliphatic carbocycles. The lowest BCUT2D eigenvalue weighted by Crippen LogP contribution is -2.41. The largest absolute Gasteiger partial charge is 0.450 e. The molecule has 6 nitrogen and oxygen atoms in total. The molecule has 6 heteroatoms. The van der Waals surface area contributed by atoms with Crippen LogP contribution < -0.4 is 5.69 Å². The van der Waals surface area contributed by atoms with Crippen LogP contribution >= 0.6 is 0 Å². The number of rotatable bonds is 3. The zero-order valence-corrected chi connectivity index (χ0v) is 14.6. The summed E-state index contributed by atoms with van der Waals surface area (Å²) in [6, 6.07) is 8.18. The number of imidazole rings is 1. The van der Waals surface area contributed by atoms with Crippen LogP contribution in [-0.2, 0) is 4.74 Å². The summed E-state index contributed by atoms with van der Waals surface area (Å²) in [6.07, 6.45) is 1.28. The minimum atomic E-state index is -0.257. The maximum atomic E-state index is 13.0. The Morgan fingerprint density at radius 2 is 1.83 bits per heavy atom. The highest BCUT2D eigenvalue weighted by Crippen LogP contribution is 2.27. The van der Waals surface area contributed by atoms with E-state index >= 15 is 0 Å². The monoisotopic (exact) mass is 331 g/mol. The summed E-state index contributed by atoms with van der Waals surface area (Å²) in [6.45, 7) is 7.50. The van der Waals surface area contributed by atoms with Crippen LogP contribution in [0.3, 0.4) is 0 Å². The molecule has 0 N–H and O–H groups in total. The fourth-order valence-electron chi connectivity index (χ4n) is 3.57. The Morgan fingerprint density at radius 3 is 2.42 bits per heavy atom. The van der Waals surface area contributed by atoms with Crippen LogP contribution in [-0.4, -0.2) is 39.8 Å². The molecular weight excluding hydrogens is 306 g/mol. The number of hydrogen-bond donors (Lipinski definition) is 0. The minimum Gasteiger partial charge on any atom is -0.450 e. The van der Waals surface area contributed by atoms with E-state index in [-0.39, 0.29) is 23.9 Å². The van der Waals surface area contributed by atoms with Gasteiger partial charge in [0.25, 0.3) is 0 Å². The van der Waals surface area contributed by atoms with Crippen LogP contribution in [0.1, 0.15) is 45.7 Å². The van der Waals surface area contributed by atoms with Crippen molar-refractivity contribution in [1.29, 1.82) is 0 Å². The summed E-state index contributed by atoms with van der Waals surface area (Å²) in [5, 5.41) is 0. The Hall–Kier alpha value is -2.24. The van der Waals surface area contributed by atoms with Crippen LogP contribution in [0, 0.1) is 0 Å². The van der Waals surface area contributed by atoms with Gasteiger partial charge in [-0.3, -0.25) is 9.13 Å². The number of aromatic nitrogens is 2. The highest BCUT2D eigenvalue weighted by atomic mass is 16.6. The van der Waals surface area contributed by atoms with E-state index in [9.17, 15) is 9.59 Å². The summed E-state index contributed by atoms with van der Waals surface area (Å²) >= 11 is 0. The smallest absolute Gasteiger partial charge is 0.409 e. The van der Waals surface area contributed by atoms with Gasteiger partial charge in [-0.25, -0.2) is 9.59 Å². The van der Waals surface area contributed by atoms with Gasteiger partial charge in [0, 0.05) is 25.2 Å². The Bertz CT molecular complexity index is 782. The SMILES string of the molecule is CCOC(=O)N1CCC(n2c(=O)n(C(C)C)c3ccccc32)CC1. The number of hydrogen-bond acceptors (Lipinski definition) is 3. The van der Waals surface area contributed by atoms with E-state index in [2.05, 4.69) is 0 Å². The quantitative estimate of drug-likeness (QED) is 0.868. The van der Waals surface area contributed by atoms with Crippen molar-refractivity contribution in [2.75, 3.05) is 19.7 Å². The van der Waals surface area contributed by atoms with E-state index in [4.69, 9.17) is 4.74 Å². The lowest BCUT2D eigenvalue weighted by atomic mass is 10.0. The van der Waals surface area contributed by atoms with Gasteiger partial charge in [-0.1, -0.05) is 12.1 Å². The third kappa shape index (κ3) is 2.81. The fraction of sp³-hybridized carbons (Fsp3) is 0.556. The van der Waals surface area contributed by atoms with Gasteiger partial charge >= 0.3 is 11.8 Å². The highest BCUT2D eigenvalue weighted by Gasteiger charge is 2.28. The van der Waals surface area contributed by atoms with Crippen molar-refractivity contribution >= 4 is 17.1 Å². The molecular formula is C18H25N3O3. The molecule has 0 bridgehead atoms. The molecule has 0 spiro atoms. The molecule has 24 heavy (non-hydrogen) atoms. The first kappa shape index (κ1) is 16.6. The van der Waals surface area contributed by atoms with Crippen molar-refractivity contribution in [3.05, 3.63) is 34.7 Å². The average Bonchev–Trinajstić information content (AvgIpc) is 2.87. The molecule has 1 amide bonds. The van der Waals surface area contributed by atoms with E-state index in [1.807, 2.05) is 54.2 Å². The Morgan fingerprint density at radius 1 is 1.21 bits per heavy atom. The highest BCUT2D eigenvalue weighted by molar-refractivity contribution is 5.76. The molecule has 130 valence electrons. The lowest BCUT2D eigenvalue weighted by Gasteiger charge is -2.31. The summed E-state index contributed by atoms with van der Waals surface area (Å²) in [5.41, 5.74) is 2.00. The number of nitrogens with zero attached hydrogens (tertiary/aromatic N) is 3. The van der Waals surface area contributed by atoms with Crippen LogP contribution in [0.5, 0.6) is 0 Å². The molecule has 0 radical (unpaired) electrons. The Kier molecular flexibility index (Phi) is 4.64. The van der Waals surface area contributed by atoms with Gasteiger partial charge in [0.15, 0.2) is 0 Å². The second kappa shape index (κ2) is 6.71. The summed E-state index contributed by atoms with van der Waals surface area (Å²) in [5.74, 6) is 0. The van der Waals surface area contributed by atoms with Gasteiger partial charge in [-0.05, 0) is 45.7 Å². The first-order chi connectivity index (χ1) is 11.5. The number of amides is 1. The zero-order chi connectivity index (χ0) is 17.3. The molecule has 3 rings (SSSR count). The van der Waals surface area contributed by atoms with E-state index in [0.717, 1.165) is 23.9 Å². The van der Waals surface area contributed by atoms with Crippen molar-refractivity contribution < 1.29 is 9.53 Å². The topological polar surface area (TPSA) is 56.5 Å². The molecule has 1 saturated heterocycles.